The lowest BCUT2D eigenvalue weighted by atomic mass is 10.1. The number of hydrogen-bond acceptors (Lipinski definition) is 4. The summed E-state index contributed by atoms with van der Waals surface area (Å²) >= 11 is 11.9. The van der Waals surface area contributed by atoms with Crippen molar-refractivity contribution in [2.24, 2.45) is 5.73 Å². The lowest BCUT2D eigenvalue weighted by Gasteiger charge is -2.12. The molecule has 0 saturated heterocycles. The Hall–Kier alpha value is -0.810. The van der Waals surface area contributed by atoms with E-state index in [2.05, 4.69) is 5.32 Å². The van der Waals surface area contributed by atoms with E-state index in [1.54, 1.807) is 19.1 Å². The van der Waals surface area contributed by atoms with Crippen LogP contribution in [0.15, 0.2) is 18.2 Å². The lowest BCUT2D eigenvalue weighted by Crippen LogP contribution is -2.42. The molecule has 0 aromatic heterocycles. The van der Waals surface area contributed by atoms with Gasteiger partial charge in [0.1, 0.15) is 6.04 Å². The fourth-order valence-electron chi connectivity index (χ4n) is 1.54. The first kappa shape index (κ1) is 16.2. The summed E-state index contributed by atoms with van der Waals surface area (Å²) in [5, 5.41) is 4.36. The van der Waals surface area contributed by atoms with Gasteiger partial charge in [-0.3, -0.25) is 4.79 Å². The van der Waals surface area contributed by atoms with Gasteiger partial charge in [-0.15, -0.1) is 0 Å². The molecule has 0 heterocycles. The molecule has 1 atom stereocenters. The lowest BCUT2D eigenvalue weighted by molar-refractivity contribution is -0.144. The van der Waals surface area contributed by atoms with Crippen LogP contribution in [-0.2, 0) is 16.0 Å². The first-order chi connectivity index (χ1) is 9.04. The Bertz CT molecular complexity index is 427. The van der Waals surface area contributed by atoms with Crippen molar-refractivity contribution >= 4 is 29.2 Å². The van der Waals surface area contributed by atoms with Crippen LogP contribution in [-0.4, -0.2) is 31.7 Å². The van der Waals surface area contributed by atoms with Crippen LogP contribution < -0.4 is 11.1 Å². The highest BCUT2D eigenvalue weighted by molar-refractivity contribution is 6.35. The van der Waals surface area contributed by atoms with Crippen molar-refractivity contribution in [1.29, 1.82) is 0 Å². The number of nitrogens with two attached hydrogens (primary N) is 1. The second kappa shape index (κ2) is 8.38. The van der Waals surface area contributed by atoms with Crippen molar-refractivity contribution in [3.05, 3.63) is 33.8 Å². The summed E-state index contributed by atoms with van der Waals surface area (Å²) in [6.07, 6.45) is 0.742. The van der Waals surface area contributed by atoms with E-state index in [-0.39, 0.29) is 5.97 Å². The number of ether oxygens (including phenoxy) is 1. The zero-order valence-electron chi connectivity index (χ0n) is 10.8. The maximum absolute atomic E-state index is 11.3. The van der Waals surface area contributed by atoms with E-state index in [1.165, 1.54) is 0 Å². The number of nitrogens with one attached hydrogen (secondary N) is 1. The third kappa shape index (κ3) is 5.78. The van der Waals surface area contributed by atoms with Gasteiger partial charge < -0.3 is 15.8 Å². The molecule has 0 amide bonds. The standard InChI is InChI=1S/C13H18Cl2N2O2/c1-2-19-13(18)12(16)8-17-6-5-9-3-4-10(14)7-11(9)15/h3-4,7,12,17H,2,5-6,8,16H2,1H3. The predicted octanol–water partition coefficient (Wildman–Crippen LogP) is 2.02. The van der Waals surface area contributed by atoms with E-state index in [0.29, 0.717) is 29.7 Å². The molecular formula is C13H18Cl2N2O2. The van der Waals surface area contributed by atoms with Crippen LogP contribution in [0.3, 0.4) is 0 Å². The minimum absolute atomic E-state index is 0.340. The van der Waals surface area contributed by atoms with Crippen LogP contribution in [0.5, 0.6) is 0 Å². The molecule has 3 N–H and O–H groups in total. The molecule has 1 rings (SSSR count). The topological polar surface area (TPSA) is 64.3 Å². The van der Waals surface area contributed by atoms with Crippen molar-refractivity contribution in [3.8, 4) is 0 Å². The summed E-state index contributed by atoms with van der Waals surface area (Å²) in [5.41, 5.74) is 6.65. The number of rotatable bonds is 7. The maximum atomic E-state index is 11.3. The van der Waals surface area contributed by atoms with E-state index in [1.807, 2.05) is 6.07 Å². The summed E-state index contributed by atoms with van der Waals surface area (Å²) < 4.78 is 4.81. The Morgan fingerprint density at radius 2 is 2.21 bits per heavy atom. The van der Waals surface area contributed by atoms with Crippen LogP contribution in [0.4, 0.5) is 0 Å². The highest BCUT2D eigenvalue weighted by atomic mass is 35.5. The highest BCUT2D eigenvalue weighted by Gasteiger charge is 2.13. The minimum Gasteiger partial charge on any atom is -0.465 e. The molecule has 106 valence electrons. The molecule has 19 heavy (non-hydrogen) atoms. The molecule has 1 unspecified atom stereocenters. The molecule has 1 aromatic rings. The van der Waals surface area contributed by atoms with Gasteiger partial charge in [0.05, 0.1) is 6.61 Å². The second-order valence-corrected chi connectivity index (χ2v) is 4.89. The molecule has 6 heteroatoms. The first-order valence-corrected chi connectivity index (χ1v) is 6.87. The number of carbonyl (C=O) groups excluding carboxylic acids is 1. The van der Waals surface area contributed by atoms with E-state index in [0.717, 1.165) is 12.0 Å². The Kier molecular flexibility index (Phi) is 7.16. The SMILES string of the molecule is CCOC(=O)C(N)CNCCc1ccc(Cl)cc1Cl. The second-order valence-electron chi connectivity index (χ2n) is 4.05. The molecule has 0 radical (unpaired) electrons. The van der Waals surface area contributed by atoms with Crippen molar-refractivity contribution in [1.82, 2.24) is 5.32 Å². The van der Waals surface area contributed by atoms with Crippen LogP contribution in [0.1, 0.15) is 12.5 Å². The number of benzene rings is 1. The van der Waals surface area contributed by atoms with Gasteiger partial charge in [0, 0.05) is 16.6 Å². The van der Waals surface area contributed by atoms with Crippen molar-refractivity contribution in [2.45, 2.75) is 19.4 Å². The smallest absolute Gasteiger partial charge is 0.324 e. The average molecular weight is 305 g/mol. The molecular weight excluding hydrogens is 287 g/mol. The van der Waals surface area contributed by atoms with E-state index in [9.17, 15) is 4.79 Å². The van der Waals surface area contributed by atoms with E-state index >= 15 is 0 Å². The van der Waals surface area contributed by atoms with Gasteiger partial charge >= 0.3 is 5.97 Å². The molecule has 4 nitrogen and oxygen atoms in total. The summed E-state index contributed by atoms with van der Waals surface area (Å²) in [5.74, 6) is -0.389. The van der Waals surface area contributed by atoms with Gasteiger partial charge in [0.25, 0.3) is 0 Å². The average Bonchev–Trinajstić information content (AvgIpc) is 2.36. The summed E-state index contributed by atoms with van der Waals surface area (Å²) in [6.45, 7) is 3.14. The van der Waals surface area contributed by atoms with Crippen molar-refractivity contribution in [2.75, 3.05) is 19.7 Å². The van der Waals surface area contributed by atoms with E-state index < -0.39 is 6.04 Å². The Morgan fingerprint density at radius 3 is 2.84 bits per heavy atom. The number of halogens is 2. The molecule has 1 aromatic carbocycles. The van der Waals surface area contributed by atoms with Gasteiger partial charge in [-0.05, 0) is 37.6 Å². The van der Waals surface area contributed by atoms with Crippen LogP contribution in [0.2, 0.25) is 10.0 Å². The number of hydrogen-bond donors (Lipinski definition) is 2. The molecule has 0 aliphatic heterocycles. The predicted molar refractivity (Wildman–Crippen MR) is 77.6 cm³/mol. The van der Waals surface area contributed by atoms with Crippen molar-refractivity contribution < 1.29 is 9.53 Å². The maximum Gasteiger partial charge on any atom is 0.324 e. The zero-order valence-corrected chi connectivity index (χ0v) is 12.3. The van der Waals surface area contributed by atoms with Gasteiger partial charge in [0.15, 0.2) is 0 Å². The van der Waals surface area contributed by atoms with Crippen LogP contribution in [0, 0.1) is 0 Å². The van der Waals surface area contributed by atoms with Crippen LogP contribution in [0.25, 0.3) is 0 Å². The fraction of sp³-hybridized carbons (Fsp3) is 0.462. The molecule has 0 aliphatic carbocycles. The Morgan fingerprint density at radius 1 is 1.47 bits per heavy atom. The van der Waals surface area contributed by atoms with Gasteiger partial charge in [-0.25, -0.2) is 0 Å². The van der Waals surface area contributed by atoms with Gasteiger partial charge in [-0.2, -0.15) is 0 Å². The fourth-order valence-corrected chi connectivity index (χ4v) is 2.04. The molecule has 0 spiro atoms. The van der Waals surface area contributed by atoms with E-state index in [4.69, 9.17) is 33.7 Å². The minimum atomic E-state index is -0.638. The quantitative estimate of drug-likeness (QED) is 0.597. The van der Waals surface area contributed by atoms with Crippen molar-refractivity contribution in [3.63, 3.8) is 0 Å². The third-order valence-corrected chi connectivity index (χ3v) is 3.13. The molecule has 0 saturated carbocycles. The summed E-state index contributed by atoms with van der Waals surface area (Å²) in [6, 6.07) is 4.76. The number of carbonyl (C=O) groups is 1. The summed E-state index contributed by atoms with van der Waals surface area (Å²) in [4.78, 5) is 11.3. The molecule has 0 fully saturated rings. The molecule has 0 aliphatic rings. The zero-order chi connectivity index (χ0) is 14.3. The normalized spacial score (nSPS) is 12.2. The van der Waals surface area contributed by atoms with Gasteiger partial charge in [-0.1, -0.05) is 29.3 Å². The molecule has 0 bridgehead atoms. The summed E-state index contributed by atoms with van der Waals surface area (Å²) in [7, 11) is 0. The monoisotopic (exact) mass is 304 g/mol. The third-order valence-electron chi connectivity index (χ3n) is 2.54. The Labute approximate surface area is 123 Å². The van der Waals surface area contributed by atoms with Gasteiger partial charge in [0.2, 0.25) is 0 Å². The first-order valence-electron chi connectivity index (χ1n) is 6.11. The largest absolute Gasteiger partial charge is 0.465 e. The van der Waals surface area contributed by atoms with Crippen LogP contribution >= 0.6 is 23.2 Å². The number of esters is 1. The highest BCUT2D eigenvalue weighted by Crippen LogP contribution is 2.20. The Balaban J connectivity index is 2.29.